The zero-order chi connectivity index (χ0) is 43.0. The van der Waals surface area contributed by atoms with Gasteiger partial charge in [0.15, 0.2) is 0 Å². The van der Waals surface area contributed by atoms with E-state index in [0.717, 1.165) is 11.1 Å². The SMILES string of the molecule is CSCC[C@H](NC(=O)[C@H](CCC(=O)OCc1ccccc1)NC(=O)CNC(=O)[C@H](Cc1ccccc1)NC(=O)[C@H](Cc1ccccc1)NC(=O)[C@@H](N)CCCN)C(N)=O. The molecule has 6 amide bonds. The van der Waals surface area contributed by atoms with Crippen molar-refractivity contribution < 1.29 is 38.3 Å². The van der Waals surface area contributed by atoms with Crippen LogP contribution in [0.15, 0.2) is 91.0 Å². The van der Waals surface area contributed by atoms with Crippen LogP contribution in [0.1, 0.15) is 48.8 Å². The number of benzene rings is 3. The molecule has 0 fully saturated rings. The number of nitrogens with two attached hydrogens (primary N) is 3. The van der Waals surface area contributed by atoms with Crippen molar-refractivity contribution in [1.29, 1.82) is 0 Å². The van der Waals surface area contributed by atoms with Crippen molar-refractivity contribution >= 4 is 53.2 Å². The number of thioether (sulfide) groups is 1. The van der Waals surface area contributed by atoms with Crippen molar-refractivity contribution in [3.8, 4) is 0 Å². The molecule has 0 unspecified atom stereocenters. The van der Waals surface area contributed by atoms with Crippen molar-refractivity contribution in [2.75, 3.05) is 25.1 Å². The van der Waals surface area contributed by atoms with Crippen LogP contribution in [0.4, 0.5) is 0 Å². The Morgan fingerprint density at radius 3 is 1.68 bits per heavy atom. The second-order valence-electron chi connectivity index (χ2n) is 13.8. The summed E-state index contributed by atoms with van der Waals surface area (Å²) in [7, 11) is 0. The Balaban J connectivity index is 1.74. The molecule has 0 heterocycles. The van der Waals surface area contributed by atoms with E-state index in [2.05, 4.69) is 26.6 Å². The van der Waals surface area contributed by atoms with Gasteiger partial charge in [0.05, 0.1) is 12.6 Å². The molecule has 0 aliphatic carbocycles. The number of amides is 6. The number of carbonyl (C=O) groups is 7. The molecule has 3 rings (SSSR count). The average Bonchev–Trinajstić information content (AvgIpc) is 3.24. The Morgan fingerprint density at radius 2 is 1.14 bits per heavy atom. The summed E-state index contributed by atoms with van der Waals surface area (Å²) in [6.07, 6.45) is 2.58. The lowest BCUT2D eigenvalue weighted by Crippen LogP contribution is -2.58. The van der Waals surface area contributed by atoms with Gasteiger partial charge >= 0.3 is 5.97 Å². The van der Waals surface area contributed by atoms with Crippen LogP contribution in [0.25, 0.3) is 0 Å². The first-order valence-corrected chi connectivity index (χ1v) is 20.8. The highest BCUT2D eigenvalue weighted by Crippen LogP contribution is 2.10. The third-order valence-electron chi connectivity index (χ3n) is 9.11. The van der Waals surface area contributed by atoms with Crippen molar-refractivity contribution in [2.24, 2.45) is 17.2 Å². The second kappa shape index (κ2) is 26.3. The van der Waals surface area contributed by atoms with Crippen LogP contribution in [0.2, 0.25) is 0 Å². The standard InChI is InChI=1S/C42H56N8O8S/c1-59-23-21-32(38(45)53)48-41(56)33(19-20-37(52)58-27-30-16-9-4-10-17-30)47-36(51)26-46-40(55)34(24-28-12-5-2-6-13-28)50-42(57)35(25-29-14-7-3-8-15-29)49-39(54)31(44)18-11-22-43/h2-10,12-17,31-35H,11,18-27,43-44H2,1H3,(H2,45,53)(H,46,55)(H,47,51)(H,48,56)(H,49,54)(H,50,57)/t31-,32-,33-,34-,35-/m0/s1. The van der Waals surface area contributed by atoms with Gasteiger partial charge in [-0.15, -0.1) is 0 Å². The molecule has 59 heavy (non-hydrogen) atoms. The lowest BCUT2D eigenvalue weighted by Gasteiger charge is -2.25. The van der Waals surface area contributed by atoms with E-state index in [9.17, 15) is 33.6 Å². The number of nitrogens with one attached hydrogen (secondary N) is 5. The zero-order valence-corrected chi connectivity index (χ0v) is 34.0. The van der Waals surface area contributed by atoms with Crippen molar-refractivity contribution in [3.05, 3.63) is 108 Å². The van der Waals surface area contributed by atoms with Gasteiger partial charge in [-0.2, -0.15) is 11.8 Å². The maximum Gasteiger partial charge on any atom is 0.306 e. The van der Waals surface area contributed by atoms with E-state index in [1.807, 2.05) is 18.4 Å². The maximum absolute atomic E-state index is 13.9. The van der Waals surface area contributed by atoms with Gasteiger partial charge in [0, 0.05) is 19.3 Å². The lowest BCUT2D eigenvalue weighted by atomic mass is 10.0. The van der Waals surface area contributed by atoms with Crippen LogP contribution in [0.3, 0.4) is 0 Å². The highest BCUT2D eigenvalue weighted by Gasteiger charge is 2.30. The van der Waals surface area contributed by atoms with Gasteiger partial charge in [-0.05, 0) is 60.9 Å². The van der Waals surface area contributed by atoms with Crippen molar-refractivity contribution in [3.63, 3.8) is 0 Å². The quantitative estimate of drug-likeness (QED) is 0.0512. The smallest absolute Gasteiger partial charge is 0.306 e. The molecular weight excluding hydrogens is 777 g/mol. The van der Waals surface area contributed by atoms with Gasteiger partial charge in [0.2, 0.25) is 35.4 Å². The molecular formula is C42H56N8O8S. The molecule has 5 atom stereocenters. The van der Waals surface area contributed by atoms with Gasteiger partial charge in [-0.3, -0.25) is 33.6 Å². The topological polar surface area (TPSA) is 267 Å². The molecule has 16 nitrogen and oxygen atoms in total. The third kappa shape index (κ3) is 18.1. The molecule has 0 aliphatic rings. The highest BCUT2D eigenvalue weighted by molar-refractivity contribution is 7.98. The van der Waals surface area contributed by atoms with E-state index in [1.54, 1.807) is 78.9 Å². The number of primary amides is 1. The summed E-state index contributed by atoms with van der Waals surface area (Å²) in [6, 6.07) is 21.3. The summed E-state index contributed by atoms with van der Waals surface area (Å²) < 4.78 is 5.33. The molecule has 0 saturated heterocycles. The minimum atomic E-state index is -1.31. The van der Waals surface area contributed by atoms with E-state index in [1.165, 1.54) is 11.8 Å². The molecule has 0 bridgehead atoms. The minimum absolute atomic E-state index is 0.00967. The van der Waals surface area contributed by atoms with Gasteiger partial charge in [0.25, 0.3) is 0 Å². The van der Waals surface area contributed by atoms with Crippen molar-refractivity contribution in [1.82, 2.24) is 26.6 Å². The van der Waals surface area contributed by atoms with E-state index in [4.69, 9.17) is 21.9 Å². The number of esters is 1. The molecule has 0 aliphatic heterocycles. The number of hydrogen-bond acceptors (Lipinski definition) is 11. The lowest BCUT2D eigenvalue weighted by molar-refractivity contribution is -0.145. The Hall–Kier alpha value is -5.78. The fourth-order valence-corrected chi connectivity index (χ4v) is 6.28. The van der Waals surface area contributed by atoms with E-state index in [-0.39, 0.29) is 38.7 Å². The van der Waals surface area contributed by atoms with Gasteiger partial charge in [-0.25, -0.2) is 0 Å². The number of rotatable bonds is 26. The largest absolute Gasteiger partial charge is 0.461 e. The molecule has 0 aromatic heterocycles. The predicted octanol–water partition coefficient (Wildman–Crippen LogP) is 0.355. The zero-order valence-electron chi connectivity index (χ0n) is 33.2. The molecule has 0 radical (unpaired) electrons. The van der Waals surface area contributed by atoms with Gasteiger partial charge in [-0.1, -0.05) is 91.0 Å². The third-order valence-corrected chi connectivity index (χ3v) is 9.76. The number of carbonyl (C=O) groups excluding carboxylic acids is 7. The number of ether oxygens (including phenoxy) is 1. The number of hydrogen-bond donors (Lipinski definition) is 8. The van der Waals surface area contributed by atoms with E-state index in [0.29, 0.717) is 30.7 Å². The summed E-state index contributed by atoms with van der Waals surface area (Å²) in [5, 5.41) is 13.1. The second-order valence-corrected chi connectivity index (χ2v) is 14.8. The van der Waals surface area contributed by atoms with Crippen LogP contribution >= 0.6 is 11.8 Å². The van der Waals surface area contributed by atoms with Crippen LogP contribution in [-0.4, -0.2) is 96.7 Å². The summed E-state index contributed by atoms with van der Waals surface area (Å²) >= 11 is 1.45. The molecule has 318 valence electrons. The molecule has 11 N–H and O–H groups in total. The van der Waals surface area contributed by atoms with Gasteiger partial charge in [0.1, 0.15) is 30.8 Å². The Morgan fingerprint density at radius 1 is 0.627 bits per heavy atom. The highest BCUT2D eigenvalue weighted by atomic mass is 32.2. The van der Waals surface area contributed by atoms with Crippen LogP contribution in [0, 0.1) is 0 Å². The fraction of sp³-hybridized carbons (Fsp3) is 0.405. The molecule has 0 saturated carbocycles. The van der Waals surface area contributed by atoms with E-state index < -0.39 is 78.2 Å². The Labute approximate surface area is 348 Å². The molecule has 3 aromatic rings. The van der Waals surface area contributed by atoms with Crippen LogP contribution in [-0.2, 0) is 57.7 Å². The average molecular weight is 833 g/mol. The molecule has 0 spiro atoms. The summed E-state index contributed by atoms with van der Waals surface area (Å²) in [5.41, 5.74) is 19.4. The summed E-state index contributed by atoms with van der Waals surface area (Å²) in [6.45, 7) is -0.265. The van der Waals surface area contributed by atoms with Crippen LogP contribution < -0.4 is 43.8 Å². The van der Waals surface area contributed by atoms with Crippen LogP contribution in [0.5, 0.6) is 0 Å². The normalized spacial score (nSPS) is 13.3. The first kappa shape index (κ1) is 47.6. The molecule has 17 heteroatoms. The summed E-state index contributed by atoms with van der Waals surface area (Å²) in [4.78, 5) is 92.1. The maximum atomic E-state index is 13.9. The predicted molar refractivity (Wildman–Crippen MR) is 225 cm³/mol. The van der Waals surface area contributed by atoms with Gasteiger partial charge < -0.3 is 48.5 Å². The fourth-order valence-electron chi connectivity index (χ4n) is 5.81. The Bertz CT molecular complexity index is 1810. The van der Waals surface area contributed by atoms with Crippen molar-refractivity contribution in [2.45, 2.75) is 81.8 Å². The first-order chi connectivity index (χ1) is 28.4. The minimum Gasteiger partial charge on any atom is -0.461 e. The van der Waals surface area contributed by atoms with E-state index >= 15 is 0 Å². The first-order valence-electron chi connectivity index (χ1n) is 19.4. The Kier molecular flexibility index (Phi) is 21.2. The molecule has 3 aromatic carbocycles. The monoisotopic (exact) mass is 832 g/mol. The summed E-state index contributed by atoms with van der Waals surface area (Å²) in [5.74, 6) is -4.35.